The Hall–Kier alpha value is -0.960. The molecule has 9 heteroatoms. The van der Waals surface area contributed by atoms with Crippen LogP contribution in [0.3, 0.4) is 0 Å². The van der Waals surface area contributed by atoms with Crippen LogP contribution < -0.4 is 10.6 Å². The van der Waals surface area contributed by atoms with Crippen molar-refractivity contribution < 1.29 is 13.2 Å². The fourth-order valence-electron chi connectivity index (χ4n) is 1.43. The molecule has 0 fully saturated rings. The molecule has 21 heavy (non-hydrogen) atoms. The molecule has 4 nitrogen and oxygen atoms in total. The molecule has 0 aliphatic carbocycles. The Balaban J connectivity index is 2.54. The van der Waals surface area contributed by atoms with Crippen LogP contribution in [-0.2, 0) is 12.7 Å². The summed E-state index contributed by atoms with van der Waals surface area (Å²) < 4.78 is 37.3. The lowest BCUT2D eigenvalue weighted by Crippen LogP contribution is -2.37. The van der Waals surface area contributed by atoms with Gasteiger partial charge in [0.25, 0.3) is 0 Å². The fourth-order valence-corrected chi connectivity index (χ4v) is 2.58. The number of rotatable bonds is 7. The average Bonchev–Trinajstić information content (AvgIpc) is 2.89. The van der Waals surface area contributed by atoms with E-state index in [0.717, 1.165) is 35.4 Å². The molecule has 0 amide bonds. The molecule has 0 bridgehead atoms. The monoisotopic (exact) mass is 340 g/mol. The maximum absolute atomic E-state index is 12.4. The molecule has 0 saturated carbocycles. The minimum atomic E-state index is -4.39. The molecule has 0 aromatic carbocycles. The molecule has 2 N–H and O–H groups in total. The Bertz CT molecular complexity index is 446. The van der Waals surface area contributed by atoms with E-state index in [2.05, 4.69) is 20.6 Å². The topological polar surface area (TPSA) is 49.3 Å². The highest BCUT2D eigenvalue weighted by Gasteiger charge is 2.33. The third-order valence-electron chi connectivity index (χ3n) is 2.38. The zero-order chi connectivity index (χ0) is 15.7. The maximum atomic E-state index is 12.4. The predicted octanol–water partition coefficient (Wildman–Crippen LogP) is 2.97. The summed E-state index contributed by atoms with van der Waals surface area (Å²) in [4.78, 5) is 7.80. The van der Waals surface area contributed by atoms with E-state index < -0.39 is 11.9 Å². The molecular weight excluding hydrogens is 321 g/mol. The normalized spacial score (nSPS) is 12.5. The van der Waals surface area contributed by atoms with Gasteiger partial charge in [-0.2, -0.15) is 24.9 Å². The second kappa shape index (κ2) is 9.14. The molecule has 1 aromatic rings. The van der Waals surface area contributed by atoms with E-state index in [1.54, 1.807) is 11.8 Å². The van der Waals surface area contributed by atoms with E-state index >= 15 is 0 Å². The number of guanidine groups is 1. The number of nitrogens with one attached hydrogen (secondary N) is 2. The zero-order valence-electron chi connectivity index (χ0n) is 12.0. The van der Waals surface area contributed by atoms with Crippen molar-refractivity contribution in [3.63, 3.8) is 0 Å². The molecule has 1 heterocycles. The summed E-state index contributed by atoms with van der Waals surface area (Å²) in [6.07, 6.45) is -1.35. The number of aliphatic imine (C=N–C) groups is 1. The molecule has 0 spiro atoms. The van der Waals surface area contributed by atoms with Crippen LogP contribution in [0.15, 0.2) is 10.4 Å². The van der Waals surface area contributed by atoms with Crippen molar-refractivity contribution >= 4 is 29.1 Å². The molecule has 0 aliphatic rings. The SMILES string of the molecule is CCNC(=NCc1nc(C(F)(F)F)cs1)NCCCSC. The number of aromatic nitrogens is 1. The van der Waals surface area contributed by atoms with Gasteiger partial charge in [0, 0.05) is 18.5 Å². The number of thioether (sulfide) groups is 1. The number of hydrogen-bond acceptors (Lipinski definition) is 4. The van der Waals surface area contributed by atoms with E-state index in [1.807, 2.05) is 13.2 Å². The number of nitrogens with zero attached hydrogens (tertiary/aromatic N) is 2. The van der Waals surface area contributed by atoms with Gasteiger partial charge in [-0.15, -0.1) is 11.3 Å². The summed E-state index contributed by atoms with van der Waals surface area (Å²) in [7, 11) is 0. The molecule has 1 rings (SSSR count). The van der Waals surface area contributed by atoms with Gasteiger partial charge in [0.15, 0.2) is 11.7 Å². The Morgan fingerprint density at radius 3 is 2.76 bits per heavy atom. The van der Waals surface area contributed by atoms with Gasteiger partial charge in [-0.05, 0) is 25.4 Å². The largest absolute Gasteiger partial charge is 0.434 e. The number of thiazole rings is 1. The third-order valence-corrected chi connectivity index (χ3v) is 3.91. The first-order valence-corrected chi connectivity index (χ1v) is 8.77. The number of halogens is 3. The summed E-state index contributed by atoms with van der Waals surface area (Å²) in [6.45, 7) is 3.54. The lowest BCUT2D eigenvalue weighted by Gasteiger charge is -2.10. The Morgan fingerprint density at radius 1 is 1.43 bits per heavy atom. The van der Waals surface area contributed by atoms with Gasteiger partial charge < -0.3 is 10.6 Å². The first-order chi connectivity index (χ1) is 9.97. The smallest absolute Gasteiger partial charge is 0.357 e. The Kier molecular flexibility index (Phi) is 7.87. The van der Waals surface area contributed by atoms with Gasteiger partial charge in [0.2, 0.25) is 0 Å². The van der Waals surface area contributed by atoms with Crippen LogP contribution in [0, 0.1) is 0 Å². The molecule has 0 aliphatic heterocycles. The maximum Gasteiger partial charge on any atom is 0.434 e. The molecular formula is C12H19F3N4S2. The average molecular weight is 340 g/mol. The number of alkyl halides is 3. The van der Waals surface area contributed by atoms with Gasteiger partial charge in [-0.3, -0.25) is 0 Å². The number of hydrogen-bond donors (Lipinski definition) is 2. The first kappa shape index (κ1) is 18.1. The van der Waals surface area contributed by atoms with E-state index in [0.29, 0.717) is 17.5 Å². The van der Waals surface area contributed by atoms with Gasteiger partial charge in [-0.1, -0.05) is 0 Å². The van der Waals surface area contributed by atoms with Crippen LogP contribution >= 0.6 is 23.1 Å². The first-order valence-electron chi connectivity index (χ1n) is 6.50. The Morgan fingerprint density at radius 2 is 2.19 bits per heavy atom. The quantitative estimate of drug-likeness (QED) is 0.455. The molecule has 0 unspecified atom stereocenters. The third kappa shape index (κ3) is 7.03. The van der Waals surface area contributed by atoms with Crippen molar-refractivity contribution in [2.75, 3.05) is 25.1 Å². The molecule has 0 saturated heterocycles. The molecule has 0 radical (unpaired) electrons. The lowest BCUT2D eigenvalue weighted by atomic mass is 10.5. The molecule has 0 atom stereocenters. The standard InChI is InChI=1S/C12H19F3N4S2/c1-3-16-11(17-5-4-6-20-2)18-7-10-19-9(8-21-10)12(13,14)15/h8H,3-7H2,1-2H3,(H2,16,17,18). The van der Waals surface area contributed by atoms with Crippen LogP contribution in [0.4, 0.5) is 13.2 Å². The van der Waals surface area contributed by atoms with Crippen molar-refractivity contribution in [1.82, 2.24) is 15.6 Å². The zero-order valence-corrected chi connectivity index (χ0v) is 13.6. The lowest BCUT2D eigenvalue weighted by molar-refractivity contribution is -0.140. The highest BCUT2D eigenvalue weighted by atomic mass is 32.2. The van der Waals surface area contributed by atoms with E-state index in [-0.39, 0.29) is 6.54 Å². The summed E-state index contributed by atoms with van der Waals surface area (Å²) in [5.41, 5.74) is -0.851. The second-order valence-electron chi connectivity index (χ2n) is 4.09. The van der Waals surface area contributed by atoms with E-state index in [4.69, 9.17) is 0 Å². The highest BCUT2D eigenvalue weighted by molar-refractivity contribution is 7.98. The Labute approximate surface area is 130 Å². The summed E-state index contributed by atoms with van der Waals surface area (Å²) in [5, 5.41) is 7.56. The summed E-state index contributed by atoms with van der Waals surface area (Å²) >= 11 is 2.74. The minimum absolute atomic E-state index is 0.138. The summed E-state index contributed by atoms with van der Waals surface area (Å²) in [5.74, 6) is 1.65. The predicted molar refractivity (Wildman–Crippen MR) is 82.9 cm³/mol. The fraction of sp³-hybridized carbons (Fsp3) is 0.667. The minimum Gasteiger partial charge on any atom is -0.357 e. The van der Waals surface area contributed by atoms with E-state index in [9.17, 15) is 13.2 Å². The van der Waals surface area contributed by atoms with Gasteiger partial charge in [0.05, 0.1) is 6.54 Å². The van der Waals surface area contributed by atoms with E-state index in [1.165, 1.54) is 0 Å². The highest BCUT2D eigenvalue weighted by Crippen LogP contribution is 2.30. The van der Waals surface area contributed by atoms with Crippen LogP contribution in [0.5, 0.6) is 0 Å². The second-order valence-corrected chi connectivity index (χ2v) is 6.02. The van der Waals surface area contributed by atoms with Crippen molar-refractivity contribution in [2.24, 2.45) is 4.99 Å². The van der Waals surface area contributed by atoms with Crippen molar-refractivity contribution in [2.45, 2.75) is 26.1 Å². The van der Waals surface area contributed by atoms with Crippen molar-refractivity contribution in [3.05, 3.63) is 16.1 Å². The van der Waals surface area contributed by atoms with Gasteiger partial charge in [0.1, 0.15) is 5.01 Å². The van der Waals surface area contributed by atoms with Crippen LogP contribution in [0.2, 0.25) is 0 Å². The van der Waals surface area contributed by atoms with Crippen LogP contribution in [-0.4, -0.2) is 36.0 Å². The molecule has 1 aromatic heterocycles. The van der Waals surface area contributed by atoms with Gasteiger partial charge >= 0.3 is 6.18 Å². The summed E-state index contributed by atoms with van der Waals surface area (Å²) in [6, 6.07) is 0. The van der Waals surface area contributed by atoms with Crippen molar-refractivity contribution in [1.29, 1.82) is 0 Å². The van der Waals surface area contributed by atoms with Crippen molar-refractivity contribution in [3.8, 4) is 0 Å². The molecule has 120 valence electrons. The van der Waals surface area contributed by atoms with Crippen LogP contribution in [0.1, 0.15) is 24.0 Å². The van der Waals surface area contributed by atoms with Crippen LogP contribution in [0.25, 0.3) is 0 Å². The van der Waals surface area contributed by atoms with Gasteiger partial charge in [-0.25, -0.2) is 9.98 Å².